The van der Waals surface area contributed by atoms with Crippen LogP contribution in [0.15, 0.2) is 30.9 Å². The van der Waals surface area contributed by atoms with Gasteiger partial charge in [0.25, 0.3) is 0 Å². The van der Waals surface area contributed by atoms with Crippen molar-refractivity contribution in [3.05, 3.63) is 42.0 Å². The Bertz CT molecular complexity index is 419. The number of thioether (sulfide) groups is 1. The van der Waals surface area contributed by atoms with Gasteiger partial charge in [-0.3, -0.25) is 0 Å². The van der Waals surface area contributed by atoms with E-state index in [0.717, 1.165) is 23.8 Å². The van der Waals surface area contributed by atoms with Crippen molar-refractivity contribution in [1.29, 1.82) is 0 Å². The molecule has 1 aromatic rings. The van der Waals surface area contributed by atoms with Crippen molar-refractivity contribution in [1.82, 2.24) is 5.32 Å². The van der Waals surface area contributed by atoms with Gasteiger partial charge in [0.05, 0.1) is 7.11 Å². The first kappa shape index (κ1) is 14.5. The Morgan fingerprint density at radius 1 is 1.53 bits per heavy atom. The SMILES string of the molecule is C=CCSCCNC1CCCc2ccc(OC)cc21. The standard InChI is InChI=1S/C16H23NOS/c1-3-10-19-11-9-17-16-6-4-5-13-7-8-14(18-2)12-15(13)16/h3,7-8,12,16-17H,1,4-6,9-11H2,2H3. The quantitative estimate of drug-likeness (QED) is 0.608. The van der Waals surface area contributed by atoms with Gasteiger partial charge in [0, 0.05) is 24.1 Å². The van der Waals surface area contributed by atoms with Gasteiger partial charge >= 0.3 is 0 Å². The van der Waals surface area contributed by atoms with E-state index in [2.05, 4.69) is 30.1 Å². The van der Waals surface area contributed by atoms with E-state index in [1.165, 1.54) is 30.4 Å². The molecule has 1 atom stereocenters. The van der Waals surface area contributed by atoms with Crippen molar-refractivity contribution < 1.29 is 4.74 Å². The number of aryl methyl sites for hydroxylation is 1. The Kier molecular flexibility index (Phi) is 5.80. The van der Waals surface area contributed by atoms with Gasteiger partial charge in [-0.2, -0.15) is 11.8 Å². The molecular formula is C16H23NOS. The van der Waals surface area contributed by atoms with Crippen LogP contribution in [-0.2, 0) is 6.42 Å². The fourth-order valence-electron chi connectivity index (χ4n) is 2.59. The molecule has 104 valence electrons. The molecule has 0 saturated carbocycles. The number of fused-ring (bicyclic) bond motifs is 1. The zero-order chi connectivity index (χ0) is 13.5. The number of rotatable bonds is 7. The molecule has 1 aliphatic carbocycles. The smallest absolute Gasteiger partial charge is 0.119 e. The molecule has 2 rings (SSSR count). The summed E-state index contributed by atoms with van der Waals surface area (Å²) in [6, 6.07) is 6.97. The summed E-state index contributed by atoms with van der Waals surface area (Å²) in [6.07, 6.45) is 5.66. The molecule has 0 saturated heterocycles. The summed E-state index contributed by atoms with van der Waals surface area (Å²) < 4.78 is 5.34. The van der Waals surface area contributed by atoms with Gasteiger partial charge < -0.3 is 10.1 Å². The average molecular weight is 277 g/mol. The van der Waals surface area contributed by atoms with Crippen LogP contribution in [0.2, 0.25) is 0 Å². The Morgan fingerprint density at radius 2 is 2.42 bits per heavy atom. The van der Waals surface area contributed by atoms with E-state index in [0.29, 0.717) is 6.04 Å². The maximum absolute atomic E-state index is 5.34. The van der Waals surface area contributed by atoms with Crippen LogP contribution in [-0.4, -0.2) is 25.2 Å². The Morgan fingerprint density at radius 3 is 3.21 bits per heavy atom. The van der Waals surface area contributed by atoms with E-state index in [1.54, 1.807) is 7.11 Å². The second-order valence-corrected chi connectivity index (χ2v) is 5.98. The predicted molar refractivity (Wildman–Crippen MR) is 84.2 cm³/mol. The molecule has 0 spiro atoms. The molecule has 0 aromatic heterocycles. The molecule has 0 radical (unpaired) electrons. The normalized spacial score (nSPS) is 17.8. The maximum atomic E-state index is 5.34. The van der Waals surface area contributed by atoms with Gasteiger partial charge in [0.1, 0.15) is 5.75 Å². The highest BCUT2D eigenvalue weighted by Crippen LogP contribution is 2.32. The van der Waals surface area contributed by atoms with Crippen LogP contribution in [0.25, 0.3) is 0 Å². The molecule has 0 aliphatic heterocycles. The van der Waals surface area contributed by atoms with Crippen molar-refractivity contribution in [3.8, 4) is 5.75 Å². The lowest BCUT2D eigenvalue weighted by Crippen LogP contribution is -2.27. The largest absolute Gasteiger partial charge is 0.497 e. The Hall–Kier alpha value is -0.930. The fraction of sp³-hybridized carbons (Fsp3) is 0.500. The van der Waals surface area contributed by atoms with E-state index < -0.39 is 0 Å². The van der Waals surface area contributed by atoms with E-state index in [1.807, 2.05) is 17.8 Å². The van der Waals surface area contributed by atoms with Gasteiger partial charge in [-0.05, 0) is 42.5 Å². The van der Waals surface area contributed by atoms with Crippen LogP contribution in [0.1, 0.15) is 30.0 Å². The van der Waals surface area contributed by atoms with Crippen LogP contribution in [0.5, 0.6) is 5.75 Å². The minimum atomic E-state index is 0.489. The lowest BCUT2D eigenvalue weighted by molar-refractivity contribution is 0.409. The number of ether oxygens (including phenoxy) is 1. The van der Waals surface area contributed by atoms with Crippen LogP contribution < -0.4 is 10.1 Å². The van der Waals surface area contributed by atoms with Crippen LogP contribution in [0, 0.1) is 0 Å². The van der Waals surface area contributed by atoms with Crippen molar-refractivity contribution in [2.24, 2.45) is 0 Å². The first-order chi connectivity index (χ1) is 9.35. The predicted octanol–water partition coefficient (Wildman–Crippen LogP) is 3.58. The summed E-state index contributed by atoms with van der Waals surface area (Å²) in [6.45, 7) is 4.80. The Balaban J connectivity index is 1.94. The summed E-state index contributed by atoms with van der Waals surface area (Å²) in [4.78, 5) is 0. The highest BCUT2D eigenvalue weighted by molar-refractivity contribution is 7.99. The molecule has 0 amide bonds. The number of benzene rings is 1. The molecule has 0 heterocycles. The van der Waals surface area contributed by atoms with Gasteiger partial charge in [-0.1, -0.05) is 12.1 Å². The maximum Gasteiger partial charge on any atom is 0.119 e. The topological polar surface area (TPSA) is 21.3 Å². The summed E-state index contributed by atoms with van der Waals surface area (Å²) in [5.41, 5.74) is 2.91. The first-order valence-corrected chi connectivity index (χ1v) is 8.09. The van der Waals surface area contributed by atoms with Crippen LogP contribution in [0.3, 0.4) is 0 Å². The average Bonchev–Trinajstić information content (AvgIpc) is 2.46. The van der Waals surface area contributed by atoms with Crippen molar-refractivity contribution in [3.63, 3.8) is 0 Å². The highest BCUT2D eigenvalue weighted by atomic mass is 32.2. The van der Waals surface area contributed by atoms with Gasteiger partial charge in [-0.15, -0.1) is 6.58 Å². The first-order valence-electron chi connectivity index (χ1n) is 6.94. The zero-order valence-electron chi connectivity index (χ0n) is 11.7. The lowest BCUT2D eigenvalue weighted by atomic mass is 9.87. The number of hydrogen-bond acceptors (Lipinski definition) is 3. The lowest BCUT2D eigenvalue weighted by Gasteiger charge is -2.27. The van der Waals surface area contributed by atoms with E-state index >= 15 is 0 Å². The summed E-state index contributed by atoms with van der Waals surface area (Å²) >= 11 is 1.93. The third-order valence-electron chi connectivity index (χ3n) is 3.54. The second-order valence-electron chi connectivity index (χ2n) is 4.83. The summed E-state index contributed by atoms with van der Waals surface area (Å²) in [7, 11) is 1.74. The zero-order valence-corrected chi connectivity index (χ0v) is 12.5. The van der Waals surface area contributed by atoms with E-state index in [9.17, 15) is 0 Å². The summed E-state index contributed by atoms with van der Waals surface area (Å²) in [5, 5.41) is 3.68. The molecule has 2 nitrogen and oxygen atoms in total. The van der Waals surface area contributed by atoms with Crippen molar-refractivity contribution in [2.75, 3.05) is 25.2 Å². The minimum Gasteiger partial charge on any atom is -0.497 e. The molecule has 19 heavy (non-hydrogen) atoms. The van der Waals surface area contributed by atoms with Gasteiger partial charge in [0.2, 0.25) is 0 Å². The number of methoxy groups -OCH3 is 1. The molecule has 1 aromatic carbocycles. The van der Waals surface area contributed by atoms with Crippen LogP contribution in [0.4, 0.5) is 0 Å². The van der Waals surface area contributed by atoms with Gasteiger partial charge in [-0.25, -0.2) is 0 Å². The van der Waals surface area contributed by atoms with Crippen LogP contribution >= 0.6 is 11.8 Å². The molecule has 1 N–H and O–H groups in total. The molecule has 3 heteroatoms. The molecule has 0 fully saturated rings. The van der Waals surface area contributed by atoms with E-state index in [4.69, 9.17) is 4.74 Å². The third-order valence-corrected chi connectivity index (χ3v) is 4.50. The third kappa shape index (κ3) is 4.02. The molecular weight excluding hydrogens is 254 g/mol. The number of hydrogen-bond donors (Lipinski definition) is 1. The second kappa shape index (κ2) is 7.61. The van der Waals surface area contributed by atoms with Crippen molar-refractivity contribution >= 4 is 11.8 Å². The monoisotopic (exact) mass is 277 g/mol. The fourth-order valence-corrected chi connectivity index (χ4v) is 3.18. The van der Waals surface area contributed by atoms with E-state index in [-0.39, 0.29) is 0 Å². The van der Waals surface area contributed by atoms with Crippen molar-refractivity contribution in [2.45, 2.75) is 25.3 Å². The summed E-state index contributed by atoms with van der Waals surface area (Å²) in [5.74, 6) is 3.15. The molecule has 1 unspecified atom stereocenters. The Labute approximate surface area is 120 Å². The number of nitrogens with one attached hydrogen (secondary N) is 1. The highest BCUT2D eigenvalue weighted by Gasteiger charge is 2.19. The van der Waals surface area contributed by atoms with Gasteiger partial charge in [0.15, 0.2) is 0 Å². The molecule has 0 bridgehead atoms. The molecule has 1 aliphatic rings. The minimum absolute atomic E-state index is 0.489.